The average molecular weight is 264 g/mol. The van der Waals surface area contributed by atoms with E-state index in [2.05, 4.69) is 33.5 Å². The molecule has 106 valence electrons. The number of hydrogen-bond acceptors (Lipinski definition) is 4. The Balaban J connectivity index is 1.71. The zero-order valence-electron chi connectivity index (χ0n) is 11.9. The minimum absolute atomic E-state index is 0.176. The van der Waals surface area contributed by atoms with Gasteiger partial charge >= 0.3 is 0 Å². The lowest BCUT2D eigenvalue weighted by Crippen LogP contribution is -2.50. The monoisotopic (exact) mass is 264 g/mol. The van der Waals surface area contributed by atoms with Crippen LogP contribution in [0.25, 0.3) is 0 Å². The molecule has 1 saturated carbocycles. The topological polar surface area (TPSA) is 54.2 Å². The van der Waals surface area contributed by atoms with Gasteiger partial charge in [-0.25, -0.2) is 0 Å². The number of aliphatic hydroxyl groups is 1. The molecule has 0 saturated heterocycles. The molecule has 2 heterocycles. The molecule has 5 nitrogen and oxygen atoms in total. The molecule has 5 heteroatoms. The number of rotatable bonds is 2. The van der Waals surface area contributed by atoms with E-state index in [0.717, 1.165) is 44.2 Å². The summed E-state index contributed by atoms with van der Waals surface area (Å²) in [6, 6.07) is 0.298. The van der Waals surface area contributed by atoms with E-state index in [1.807, 2.05) is 0 Å². The fraction of sp³-hybridized carbons (Fsp3) is 0.857. The Labute approximate surface area is 114 Å². The molecule has 0 radical (unpaired) electrons. The number of hydrogen-bond donors (Lipinski definition) is 1. The summed E-state index contributed by atoms with van der Waals surface area (Å²) in [7, 11) is 0. The zero-order valence-corrected chi connectivity index (χ0v) is 11.9. The SMILES string of the molecule is CC(C)C1CCC(O)C(N2CCn3cnnc3C2)C1. The minimum atomic E-state index is -0.176. The third-order valence-corrected chi connectivity index (χ3v) is 4.90. The fourth-order valence-corrected chi connectivity index (χ4v) is 3.53. The maximum Gasteiger partial charge on any atom is 0.147 e. The lowest BCUT2D eigenvalue weighted by atomic mass is 9.77. The highest BCUT2D eigenvalue weighted by Gasteiger charge is 2.35. The van der Waals surface area contributed by atoms with Crippen LogP contribution in [0.2, 0.25) is 0 Å². The van der Waals surface area contributed by atoms with Crippen molar-refractivity contribution in [3.8, 4) is 0 Å². The molecule has 19 heavy (non-hydrogen) atoms. The predicted molar refractivity (Wildman–Crippen MR) is 72.4 cm³/mol. The minimum Gasteiger partial charge on any atom is -0.391 e. The van der Waals surface area contributed by atoms with Gasteiger partial charge < -0.3 is 9.67 Å². The van der Waals surface area contributed by atoms with Gasteiger partial charge in [-0.3, -0.25) is 4.90 Å². The van der Waals surface area contributed by atoms with Gasteiger partial charge in [-0.2, -0.15) is 0 Å². The largest absolute Gasteiger partial charge is 0.391 e. The van der Waals surface area contributed by atoms with Gasteiger partial charge in [-0.05, 0) is 31.1 Å². The van der Waals surface area contributed by atoms with E-state index in [1.54, 1.807) is 6.33 Å². The molecule has 3 unspecified atom stereocenters. The molecule has 1 aliphatic carbocycles. The van der Waals surface area contributed by atoms with Crippen LogP contribution in [0, 0.1) is 11.8 Å². The van der Waals surface area contributed by atoms with Gasteiger partial charge in [-0.15, -0.1) is 10.2 Å². The first-order valence-electron chi connectivity index (χ1n) is 7.44. The lowest BCUT2D eigenvalue weighted by Gasteiger charge is -2.43. The van der Waals surface area contributed by atoms with Crippen LogP contribution in [0.5, 0.6) is 0 Å². The molecule has 3 rings (SSSR count). The van der Waals surface area contributed by atoms with Crippen molar-refractivity contribution in [1.82, 2.24) is 19.7 Å². The van der Waals surface area contributed by atoms with Gasteiger partial charge in [0.1, 0.15) is 12.2 Å². The van der Waals surface area contributed by atoms with Crippen molar-refractivity contribution in [2.75, 3.05) is 6.54 Å². The first kappa shape index (κ1) is 13.1. The molecular weight excluding hydrogens is 240 g/mol. The zero-order chi connectivity index (χ0) is 13.4. The average Bonchev–Trinajstić information content (AvgIpc) is 2.86. The first-order valence-corrected chi connectivity index (χ1v) is 7.44. The highest BCUT2D eigenvalue weighted by Crippen LogP contribution is 2.33. The van der Waals surface area contributed by atoms with Gasteiger partial charge in [0, 0.05) is 19.1 Å². The molecule has 1 aliphatic heterocycles. The van der Waals surface area contributed by atoms with Gasteiger partial charge in [0.2, 0.25) is 0 Å². The molecule has 3 atom stereocenters. The summed E-state index contributed by atoms with van der Waals surface area (Å²) in [5, 5.41) is 18.5. The third-order valence-electron chi connectivity index (χ3n) is 4.90. The summed E-state index contributed by atoms with van der Waals surface area (Å²) in [6.45, 7) is 7.36. The van der Waals surface area contributed by atoms with Crippen molar-refractivity contribution in [2.24, 2.45) is 11.8 Å². The molecule has 0 bridgehead atoms. The molecule has 0 amide bonds. The Morgan fingerprint density at radius 2 is 2.16 bits per heavy atom. The fourth-order valence-electron chi connectivity index (χ4n) is 3.53. The second-order valence-corrected chi connectivity index (χ2v) is 6.36. The molecule has 2 aliphatic rings. The Morgan fingerprint density at radius 1 is 1.32 bits per heavy atom. The van der Waals surface area contributed by atoms with E-state index in [-0.39, 0.29) is 6.10 Å². The van der Waals surface area contributed by atoms with E-state index >= 15 is 0 Å². The summed E-state index contributed by atoms with van der Waals surface area (Å²) >= 11 is 0. The Morgan fingerprint density at radius 3 is 2.95 bits per heavy atom. The maximum atomic E-state index is 10.3. The smallest absolute Gasteiger partial charge is 0.147 e. The van der Waals surface area contributed by atoms with Crippen LogP contribution in [0.3, 0.4) is 0 Å². The molecule has 1 aromatic heterocycles. The van der Waals surface area contributed by atoms with Crippen LogP contribution in [-0.4, -0.2) is 43.5 Å². The van der Waals surface area contributed by atoms with Crippen LogP contribution < -0.4 is 0 Å². The van der Waals surface area contributed by atoms with Crippen molar-refractivity contribution in [3.05, 3.63) is 12.2 Å². The predicted octanol–water partition coefficient (Wildman–Crippen LogP) is 1.28. The number of nitrogens with zero attached hydrogens (tertiary/aromatic N) is 4. The van der Waals surface area contributed by atoms with E-state index < -0.39 is 0 Å². The lowest BCUT2D eigenvalue weighted by molar-refractivity contribution is -0.0158. The van der Waals surface area contributed by atoms with Gasteiger partial charge in [0.05, 0.1) is 12.6 Å². The van der Waals surface area contributed by atoms with Crippen molar-refractivity contribution in [1.29, 1.82) is 0 Å². The quantitative estimate of drug-likeness (QED) is 0.874. The molecular formula is C14H24N4O. The van der Waals surface area contributed by atoms with Crippen LogP contribution in [0.1, 0.15) is 38.9 Å². The van der Waals surface area contributed by atoms with E-state index in [0.29, 0.717) is 12.0 Å². The summed E-state index contributed by atoms with van der Waals surface area (Å²) in [5.74, 6) is 2.49. The highest BCUT2D eigenvalue weighted by molar-refractivity contribution is 4.95. The highest BCUT2D eigenvalue weighted by atomic mass is 16.3. The maximum absolute atomic E-state index is 10.3. The second kappa shape index (κ2) is 5.21. The molecule has 0 spiro atoms. The van der Waals surface area contributed by atoms with E-state index in [1.165, 1.54) is 6.42 Å². The summed E-state index contributed by atoms with van der Waals surface area (Å²) < 4.78 is 2.12. The Bertz CT molecular complexity index is 431. The Kier molecular flexibility index (Phi) is 3.58. The molecule has 1 N–H and O–H groups in total. The van der Waals surface area contributed by atoms with Crippen molar-refractivity contribution in [2.45, 2.75) is 58.3 Å². The van der Waals surface area contributed by atoms with Gasteiger partial charge in [-0.1, -0.05) is 13.8 Å². The van der Waals surface area contributed by atoms with Gasteiger partial charge in [0.25, 0.3) is 0 Å². The van der Waals surface area contributed by atoms with Crippen molar-refractivity contribution < 1.29 is 5.11 Å². The van der Waals surface area contributed by atoms with E-state index in [9.17, 15) is 5.11 Å². The normalized spacial score (nSPS) is 32.5. The first-order chi connectivity index (χ1) is 9.15. The number of fused-ring (bicyclic) bond motifs is 1. The second-order valence-electron chi connectivity index (χ2n) is 6.36. The van der Waals surface area contributed by atoms with Crippen LogP contribution in [0.4, 0.5) is 0 Å². The van der Waals surface area contributed by atoms with Crippen molar-refractivity contribution >= 4 is 0 Å². The Hall–Kier alpha value is -0.940. The molecule has 1 aromatic rings. The molecule has 0 aromatic carbocycles. The van der Waals surface area contributed by atoms with Crippen LogP contribution in [-0.2, 0) is 13.1 Å². The van der Waals surface area contributed by atoms with Crippen LogP contribution >= 0.6 is 0 Å². The number of aliphatic hydroxyl groups excluding tert-OH is 1. The summed E-state index contributed by atoms with van der Waals surface area (Å²) in [4.78, 5) is 2.41. The van der Waals surface area contributed by atoms with Crippen molar-refractivity contribution in [3.63, 3.8) is 0 Å². The van der Waals surface area contributed by atoms with Crippen LogP contribution in [0.15, 0.2) is 6.33 Å². The molecule has 1 fully saturated rings. The summed E-state index contributed by atoms with van der Waals surface area (Å²) in [5.41, 5.74) is 0. The summed E-state index contributed by atoms with van der Waals surface area (Å²) in [6.07, 6.45) is 4.86. The van der Waals surface area contributed by atoms with E-state index in [4.69, 9.17) is 0 Å². The third kappa shape index (κ3) is 2.54. The standard InChI is InChI=1S/C14H24N4O/c1-10(2)11-3-4-13(19)12(7-11)17-5-6-18-9-15-16-14(18)8-17/h9-13,19H,3-8H2,1-2H3. The number of aromatic nitrogens is 3. The van der Waals surface area contributed by atoms with Gasteiger partial charge in [0.15, 0.2) is 0 Å².